The van der Waals surface area contributed by atoms with Crippen LogP contribution in [0.4, 0.5) is 17.1 Å². The minimum absolute atomic E-state index is 0.118. The van der Waals surface area contributed by atoms with Crippen LogP contribution in [0.5, 0.6) is 11.5 Å². The molecule has 47 heavy (non-hydrogen) atoms. The van der Waals surface area contributed by atoms with Gasteiger partial charge in [0.2, 0.25) is 5.96 Å². The zero-order valence-corrected chi connectivity index (χ0v) is 28.9. The molecule has 0 aliphatic carbocycles. The molecule has 1 aliphatic heterocycles. The van der Waals surface area contributed by atoms with E-state index in [4.69, 9.17) is 37.5 Å². The van der Waals surface area contributed by atoms with Crippen LogP contribution in [0.2, 0.25) is 0 Å². The number of benzene rings is 3. The maximum atomic E-state index is 6.73. The summed E-state index contributed by atoms with van der Waals surface area (Å²) in [5.74, 6) is 22.0. The van der Waals surface area contributed by atoms with Crippen molar-refractivity contribution in [2.75, 3.05) is 40.9 Å². The molecule has 8 N–H and O–H groups in total. The van der Waals surface area contributed by atoms with E-state index in [9.17, 15) is 0 Å². The number of fused-ring (bicyclic) bond motifs is 1. The lowest BCUT2D eigenvalue weighted by Gasteiger charge is -2.33. The first-order valence-electron chi connectivity index (χ1n) is 15.3. The van der Waals surface area contributed by atoms with Gasteiger partial charge in [0.25, 0.3) is 0 Å². The lowest BCUT2D eigenvalue weighted by molar-refractivity contribution is 0.118. The predicted molar refractivity (Wildman–Crippen MR) is 197 cm³/mol. The number of nitrogens with two attached hydrogens (primary N) is 4. The molecule has 0 aromatic heterocycles. The Balaban J connectivity index is 1.59. The summed E-state index contributed by atoms with van der Waals surface area (Å²) in [5.41, 5.74) is 8.64. The largest absolute Gasteiger partial charge is 0.492 e. The van der Waals surface area contributed by atoms with Gasteiger partial charge in [0, 0.05) is 29.8 Å². The Morgan fingerprint density at radius 3 is 2.38 bits per heavy atom. The van der Waals surface area contributed by atoms with Gasteiger partial charge in [-0.3, -0.25) is 10.0 Å². The third kappa shape index (κ3) is 8.56. The third-order valence-electron chi connectivity index (χ3n) is 7.76. The normalized spacial score (nSPS) is 15.7. The van der Waals surface area contributed by atoms with Gasteiger partial charge in [-0.1, -0.05) is 51.6 Å². The van der Waals surface area contributed by atoms with Gasteiger partial charge < -0.3 is 19.9 Å². The SMILES string of the molecule is C=C(N(N)c1cc(C(C)(C)C)cc(N(N)SC)c1OC)N(N)c1ccc(O/C(C)=C/C=N\C(N)=NCC2CCCO2)c2ccccc12. The van der Waals surface area contributed by atoms with Crippen molar-refractivity contribution in [3.63, 3.8) is 0 Å². The summed E-state index contributed by atoms with van der Waals surface area (Å²) in [6.07, 6.45) is 7.34. The summed E-state index contributed by atoms with van der Waals surface area (Å²) < 4.78 is 19.1. The van der Waals surface area contributed by atoms with Crippen LogP contribution < -0.4 is 47.2 Å². The fraction of sp³-hybridized carbons (Fsp3) is 0.353. The number of nitrogens with zero attached hydrogens (tertiary/aromatic N) is 5. The molecule has 3 aromatic carbocycles. The average Bonchev–Trinajstić information content (AvgIpc) is 3.59. The smallest absolute Gasteiger partial charge is 0.215 e. The molecule has 1 aliphatic rings. The van der Waals surface area contributed by atoms with Gasteiger partial charge in [-0.05, 0) is 73.0 Å². The van der Waals surface area contributed by atoms with Crippen molar-refractivity contribution < 1.29 is 14.2 Å². The zero-order chi connectivity index (χ0) is 34.3. The number of anilines is 3. The predicted octanol–water partition coefficient (Wildman–Crippen LogP) is 5.48. The van der Waals surface area contributed by atoms with Crippen molar-refractivity contribution in [1.82, 2.24) is 0 Å². The Hall–Kier alpha value is -4.27. The second-order valence-electron chi connectivity index (χ2n) is 12.1. The lowest BCUT2D eigenvalue weighted by Crippen LogP contribution is -2.43. The second kappa shape index (κ2) is 15.5. The van der Waals surface area contributed by atoms with E-state index >= 15 is 0 Å². The molecule has 0 amide bonds. The summed E-state index contributed by atoms with van der Waals surface area (Å²) in [5, 5.41) is 4.53. The van der Waals surface area contributed by atoms with Crippen LogP contribution in [-0.4, -0.2) is 44.8 Å². The lowest BCUT2D eigenvalue weighted by atomic mass is 9.86. The number of rotatable bonds is 12. The highest BCUT2D eigenvalue weighted by atomic mass is 32.2. The van der Waals surface area contributed by atoms with Crippen LogP contribution in [0, 0.1) is 0 Å². The number of hydrazine groups is 3. The number of hydrogen-bond donors (Lipinski definition) is 4. The number of allylic oxidation sites excluding steroid dienone is 2. The van der Waals surface area contributed by atoms with E-state index in [1.54, 1.807) is 19.4 Å². The Morgan fingerprint density at radius 2 is 1.74 bits per heavy atom. The van der Waals surface area contributed by atoms with Gasteiger partial charge in [-0.15, -0.1) is 0 Å². The molecule has 1 saturated heterocycles. The van der Waals surface area contributed by atoms with E-state index in [0.717, 1.165) is 35.8 Å². The maximum absolute atomic E-state index is 6.73. The van der Waals surface area contributed by atoms with Gasteiger partial charge in [-0.25, -0.2) is 31.9 Å². The van der Waals surface area contributed by atoms with E-state index in [1.807, 2.05) is 61.7 Å². The van der Waals surface area contributed by atoms with Gasteiger partial charge in [-0.2, -0.15) is 0 Å². The van der Waals surface area contributed by atoms with Gasteiger partial charge in [0.05, 0.1) is 25.4 Å². The third-order valence-corrected chi connectivity index (χ3v) is 8.35. The van der Waals surface area contributed by atoms with Crippen molar-refractivity contribution in [2.45, 2.75) is 52.1 Å². The molecule has 1 fully saturated rings. The van der Waals surface area contributed by atoms with Crippen molar-refractivity contribution in [3.8, 4) is 11.5 Å². The summed E-state index contributed by atoms with van der Waals surface area (Å²) in [6, 6.07) is 15.5. The quantitative estimate of drug-likeness (QED) is 0.0485. The Bertz CT molecular complexity index is 1660. The number of methoxy groups -OCH3 is 1. The number of aliphatic imine (C=N–C) groups is 2. The van der Waals surface area contributed by atoms with Crippen LogP contribution in [0.3, 0.4) is 0 Å². The standard InChI is InChI=1S/C34H47N9O3S/c1-22(16-17-39-33(35)40-21-25-11-10-18-45-25)46-31-15-14-28(26-12-8-9-13-27(26)31)41(36)23(2)42(37)29-19-24(34(3,4)5)20-30(32(29)44-6)43(38)47-7/h8-9,12-17,19-20,25H,2,10-11,18,21,36-38H2,1,3-7H3,(H2,35,40)/b22-16+,39-17-. The molecule has 3 aromatic rings. The fourth-order valence-electron chi connectivity index (χ4n) is 5.08. The van der Waals surface area contributed by atoms with Gasteiger partial charge in [0.1, 0.15) is 28.7 Å². The zero-order valence-electron chi connectivity index (χ0n) is 28.1. The fourth-order valence-corrected chi connectivity index (χ4v) is 5.41. The maximum Gasteiger partial charge on any atom is 0.215 e. The van der Waals surface area contributed by atoms with E-state index < -0.39 is 0 Å². The molecule has 4 rings (SSSR count). The van der Waals surface area contributed by atoms with Crippen LogP contribution in [0.15, 0.2) is 82.8 Å². The first-order valence-corrected chi connectivity index (χ1v) is 16.5. The van der Waals surface area contributed by atoms with E-state index in [0.29, 0.717) is 46.7 Å². The first kappa shape index (κ1) is 35.6. The summed E-state index contributed by atoms with van der Waals surface area (Å²) in [7, 11) is 1.58. The topological polar surface area (TPSA) is 166 Å². The second-order valence-corrected chi connectivity index (χ2v) is 12.8. The molecule has 1 atom stereocenters. The van der Waals surface area contributed by atoms with Gasteiger partial charge >= 0.3 is 0 Å². The molecule has 0 radical (unpaired) electrons. The van der Waals surface area contributed by atoms with Crippen LogP contribution in [0.1, 0.15) is 46.1 Å². The molecular formula is C34H47N9O3S. The minimum atomic E-state index is -0.200. The van der Waals surface area contributed by atoms with Crippen LogP contribution >= 0.6 is 11.9 Å². The highest BCUT2D eigenvalue weighted by Gasteiger charge is 2.26. The van der Waals surface area contributed by atoms with Crippen molar-refractivity contribution in [1.29, 1.82) is 0 Å². The van der Waals surface area contributed by atoms with Gasteiger partial charge in [0.15, 0.2) is 5.75 Å². The minimum Gasteiger partial charge on any atom is -0.492 e. The van der Waals surface area contributed by atoms with Crippen molar-refractivity contribution in [3.05, 3.63) is 78.3 Å². The first-order chi connectivity index (χ1) is 22.3. The highest BCUT2D eigenvalue weighted by Crippen LogP contribution is 2.43. The van der Waals surface area contributed by atoms with E-state index in [1.165, 1.54) is 26.4 Å². The summed E-state index contributed by atoms with van der Waals surface area (Å²) in [6.45, 7) is 13.7. The van der Waals surface area contributed by atoms with Crippen LogP contribution in [0.25, 0.3) is 10.8 Å². The monoisotopic (exact) mass is 661 g/mol. The number of ether oxygens (including phenoxy) is 3. The van der Waals surface area contributed by atoms with Crippen molar-refractivity contribution >= 4 is 52.0 Å². The molecular weight excluding hydrogens is 615 g/mol. The summed E-state index contributed by atoms with van der Waals surface area (Å²) in [4.78, 5) is 8.49. The molecule has 252 valence electrons. The Kier molecular flexibility index (Phi) is 11.8. The number of guanidine groups is 1. The molecule has 0 bridgehead atoms. The molecule has 13 heteroatoms. The van der Waals surface area contributed by atoms with Crippen molar-refractivity contribution in [2.24, 2.45) is 33.2 Å². The van der Waals surface area contributed by atoms with E-state index in [2.05, 4.69) is 37.3 Å². The molecule has 1 unspecified atom stereocenters. The average molecular weight is 662 g/mol. The summed E-state index contributed by atoms with van der Waals surface area (Å²) >= 11 is 1.35. The molecule has 1 heterocycles. The Labute approximate surface area is 281 Å². The molecule has 0 saturated carbocycles. The number of hydrogen-bond acceptors (Lipinski definition) is 11. The van der Waals surface area contributed by atoms with E-state index in [-0.39, 0.29) is 17.5 Å². The highest BCUT2D eigenvalue weighted by molar-refractivity contribution is 7.99. The molecule has 0 spiro atoms. The molecule has 12 nitrogen and oxygen atoms in total. The van der Waals surface area contributed by atoms with Crippen LogP contribution in [-0.2, 0) is 10.2 Å². The Morgan fingerprint density at radius 1 is 1.06 bits per heavy atom.